The smallest absolute Gasteiger partial charge is 0.356 e. The van der Waals surface area contributed by atoms with Crippen LogP contribution in [0.5, 0.6) is 0 Å². The second-order valence-corrected chi connectivity index (χ2v) is 4.67. The average molecular weight is 326 g/mol. The highest BCUT2D eigenvalue weighted by Gasteiger charge is 2.26. The van der Waals surface area contributed by atoms with Gasteiger partial charge in [-0.1, -0.05) is 18.2 Å². The SMILES string of the molecule is CN=C(NCCC(F)(F)F)NCc1nncn1-c1ccccc1. The lowest BCUT2D eigenvalue weighted by molar-refractivity contribution is -0.132. The quantitative estimate of drug-likeness (QED) is 0.650. The van der Waals surface area contributed by atoms with Gasteiger partial charge in [0.05, 0.1) is 13.0 Å². The molecule has 124 valence electrons. The summed E-state index contributed by atoms with van der Waals surface area (Å²) in [6.45, 7) is 0.0368. The molecule has 0 amide bonds. The van der Waals surface area contributed by atoms with Crippen LogP contribution in [-0.4, -0.2) is 40.5 Å². The highest BCUT2D eigenvalue weighted by molar-refractivity contribution is 5.79. The molecule has 0 fully saturated rings. The van der Waals surface area contributed by atoms with Crippen LogP contribution in [-0.2, 0) is 6.54 Å². The van der Waals surface area contributed by atoms with E-state index < -0.39 is 12.6 Å². The van der Waals surface area contributed by atoms with Crippen LogP contribution < -0.4 is 10.6 Å². The van der Waals surface area contributed by atoms with Gasteiger partial charge in [-0.15, -0.1) is 10.2 Å². The zero-order valence-corrected chi connectivity index (χ0v) is 12.5. The van der Waals surface area contributed by atoms with Gasteiger partial charge in [0.1, 0.15) is 6.33 Å². The second kappa shape index (κ2) is 7.61. The number of guanidine groups is 1. The summed E-state index contributed by atoms with van der Waals surface area (Å²) in [5.41, 5.74) is 0.898. The predicted octanol–water partition coefficient (Wildman–Crippen LogP) is 1.88. The van der Waals surface area contributed by atoms with Crippen LogP contribution in [0.2, 0.25) is 0 Å². The summed E-state index contributed by atoms with van der Waals surface area (Å²) in [6.07, 6.45) is -3.54. The average Bonchev–Trinajstić information content (AvgIpc) is 2.99. The highest BCUT2D eigenvalue weighted by Crippen LogP contribution is 2.18. The van der Waals surface area contributed by atoms with Crippen molar-refractivity contribution in [2.45, 2.75) is 19.1 Å². The maximum Gasteiger partial charge on any atom is 0.390 e. The Hall–Kier alpha value is -2.58. The number of alkyl halides is 3. The van der Waals surface area contributed by atoms with E-state index in [1.165, 1.54) is 7.05 Å². The molecule has 23 heavy (non-hydrogen) atoms. The Kier molecular flexibility index (Phi) is 5.56. The van der Waals surface area contributed by atoms with E-state index in [0.29, 0.717) is 5.82 Å². The molecule has 0 aliphatic carbocycles. The molecule has 0 saturated heterocycles. The molecule has 1 aromatic carbocycles. The number of aromatic nitrogens is 3. The summed E-state index contributed by atoms with van der Waals surface area (Å²) in [6, 6.07) is 9.50. The second-order valence-electron chi connectivity index (χ2n) is 4.67. The van der Waals surface area contributed by atoms with Crippen molar-refractivity contribution in [3.05, 3.63) is 42.5 Å². The summed E-state index contributed by atoms with van der Waals surface area (Å²) in [5.74, 6) is 0.895. The van der Waals surface area contributed by atoms with Crippen LogP contribution in [0.4, 0.5) is 13.2 Å². The van der Waals surface area contributed by atoms with Gasteiger partial charge in [-0.2, -0.15) is 13.2 Å². The molecule has 2 aromatic rings. The van der Waals surface area contributed by atoms with Gasteiger partial charge in [-0.25, -0.2) is 0 Å². The monoisotopic (exact) mass is 326 g/mol. The van der Waals surface area contributed by atoms with Gasteiger partial charge < -0.3 is 10.6 Å². The van der Waals surface area contributed by atoms with Gasteiger partial charge >= 0.3 is 6.18 Å². The number of para-hydroxylation sites is 1. The van der Waals surface area contributed by atoms with Crippen molar-refractivity contribution >= 4 is 5.96 Å². The number of benzene rings is 1. The van der Waals surface area contributed by atoms with Crippen LogP contribution in [0.3, 0.4) is 0 Å². The fourth-order valence-corrected chi connectivity index (χ4v) is 1.89. The molecule has 6 nitrogen and oxygen atoms in total. The lowest BCUT2D eigenvalue weighted by Gasteiger charge is -2.13. The molecule has 1 aromatic heterocycles. The Labute approximate surface area is 131 Å². The standard InChI is InChI=1S/C14H17F3N6/c1-18-13(19-8-7-14(15,16)17)20-9-12-22-21-10-23(12)11-5-3-2-4-6-11/h2-6,10H,7-9H2,1H3,(H2,18,19,20). The number of aliphatic imine (C=N–C) groups is 1. The number of nitrogens with one attached hydrogen (secondary N) is 2. The third-order valence-electron chi connectivity index (χ3n) is 2.99. The normalized spacial score (nSPS) is 12.3. The zero-order chi connectivity index (χ0) is 16.7. The van der Waals surface area contributed by atoms with Crippen LogP contribution in [0.1, 0.15) is 12.2 Å². The summed E-state index contributed by atoms with van der Waals surface area (Å²) in [4.78, 5) is 3.88. The van der Waals surface area contributed by atoms with Gasteiger partial charge in [-0.3, -0.25) is 9.56 Å². The van der Waals surface area contributed by atoms with Gasteiger partial charge in [0.2, 0.25) is 0 Å². The molecule has 2 rings (SSSR count). The Morgan fingerprint density at radius 1 is 1.22 bits per heavy atom. The minimum atomic E-state index is -4.20. The number of nitrogens with zero attached hydrogens (tertiary/aromatic N) is 4. The molecule has 0 unspecified atom stereocenters. The van der Waals surface area contributed by atoms with Crippen molar-refractivity contribution < 1.29 is 13.2 Å². The van der Waals surface area contributed by atoms with Crippen LogP contribution in [0, 0.1) is 0 Å². The molecule has 0 atom stereocenters. The number of hydrogen-bond donors (Lipinski definition) is 2. The van der Waals surface area contributed by atoms with Crippen LogP contribution >= 0.6 is 0 Å². The van der Waals surface area contributed by atoms with Crippen molar-refractivity contribution in [2.75, 3.05) is 13.6 Å². The summed E-state index contributed by atoms with van der Waals surface area (Å²) in [7, 11) is 1.49. The van der Waals surface area contributed by atoms with Gasteiger partial charge in [0.15, 0.2) is 11.8 Å². The predicted molar refractivity (Wildman–Crippen MR) is 80.2 cm³/mol. The van der Waals surface area contributed by atoms with E-state index >= 15 is 0 Å². The number of hydrogen-bond acceptors (Lipinski definition) is 3. The van der Waals surface area contributed by atoms with Crippen molar-refractivity contribution in [1.29, 1.82) is 0 Å². The molecule has 0 spiro atoms. The van der Waals surface area contributed by atoms with Crippen molar-refractivity contribution in [3.63, 3.8) is 0 Å². The van der Waals surface area contributed by atoms with E-state index in [1.54, 1.807) is 10.9 Å². The van der Waals surface area contributed by atoms with E-state index in [4.69, 9.17) is 0 Å². The molecular formula is C14H17F3N6. The number of halogens is 3. The van der Waals surface area contributed by atoms with E-state index in [9.17, 15) is 13.2 Å². The third kappa shape index (κ3) is 5.28. The Balaban J connectivity index is 1.92. The van der Waals surface area contributed by atoms with E-state index in [1.807, 2.05) is 30.3 Å². The lowest BCUT2D eigenvalue weighted by atomic mass is 10.3. The molecule has 0 aliphatic heterocycles. The van der Waals surface area contributed by atoms with Crippen molar-refractivity contribution in [1.82, 2.24) is 25.4 Å². The van der Waals surface area contributed by atoms with Gasteiger partial charge in [0.25, 0.3) is 0 Å². The summed E-state index contributed by atoms with van der Waals surface area (Å²) < 4.78 is 38.2. The maximum atomic E-state index is 12.1. The van der Waals surface area contributed by atoms with Gasteiger partial charge in [-0.05, 0) is 12.1 Å². The Morgan fingerprint density at radius 3 is 2.61 bits per heavy atom. The lowest BCUT2D eigenvalue weighted by Crippen LogP contribution is -2.38. The molecule has 0 saturated carbocycles. The molecule has 0 radical (unpaired) electrons. The van der Waals surface area contributed by atoms with E-state index in [0.717, 1.165) is 5.69 Å². The first-order chi connectivity index (χ1) is 11.0. The Bertz CT molecular complexity index is 635. The minimum Gasteiger partial charge on any atom is -0.356 e. The minimum absolute atomic E-state index is 0.242. The fraction of sp³-hybridized carbons (Fsp3) is 0.357. The molecule has 0 bridgehead atoms. The summed E-state index contributed by atoms with van der Waals surface area (Å²) in [5, 5.41) is 13.4. The number of rotatable bonds is 5. The molecule has 1 heterocycles. The van der Waals surface area contributed by atoms with Crippen molar-refractivity contribution in [2.24, 2.45) is 4.99 Å². The highest BCUT2D eigenvalue weighted by atomic mass is 19.4. The van der Waals surface area contributed by atoms with E-state index in [-0.39, 0.29) is 19.0 Å². The maximum absolute atomic E-state index is 12.1. The van der Waals surface area contributed by atoms with Crippen LogP contribution in [0.25, 0.3) is 5.69 Å². The first-order valence-electron chi connectivity index (χ1n) is 6.95. The molecule has 0 aliphatic rings. The zero-order valence-electron chi connectivity index (χ0n) is 12.5. The molecule has 2 N–H and O–H groups in total. The fourth-order valence-electron chi connectivity index (χ4n) is 1.89. The van der Waals surface area contributed by atoms with Crippen molar-refractivity contribution in [3.8, 4) is 5.69 Å². The Morgan fingerprint density at radius 2 is 1.96 bits per heavy atom. The van der Waals surface area contributed by atoms with Gasteiger partial charge in [0, 0.05) is 19.3 Å². The first-order valence-corrected chi connectivity index (χ1v) is 6.95. The van der Waals surface area contributed by atoms with Crippen LogP contribution in [0.15, 0.2) is 41.7 Å². The third-order valence-corrected chi connectivity index (χ3v) is 2.99. The first kappa shape index (κ1) is 16.8. The van der Waals surface area contributed by atoms with E-state index in [2.05, 4.69) is 25.8 Å². The topological polar surface area (TPSA) is 67.1 Å². The molecule has 9 heteroatoms. The largest absolute Gasteiger partial charge is 0.390 e. The summed E-state index contributed by atoms with van der Waals surface area (Å²) >= 11 is 0. The molecular weight excluding hydrogens is 309 g/mol.